The number of ketones is 1. The fourth-order valence-corrected chi connectivity index (χ4v) is 3.14. The molecule has 1 aromatic rings. The highest BCUT2D eigenvalue weighted by Crippen LogP contribution is 2.17. The molecule has 0 atom stereocenters. The summed E-state index contributed by atoms with van der Waals surface area (Å²) < 4.78 is 26.3. The topological polar surface area (TPSA) is 83.5 Å². The summed E-state index contributed by atoms with van der Waals surface area (Å²) in [5.74, 6) is 0.0346. The molecule has 0 fully saturated rings. The maximum Gasteiger partial charge on any atom is 0.240 e. The molecule has 118 valence electrons. The highest BCUT2D eigenvalue weighted by atomic mass is 32.2. The maximum absolute atomic E-state index is 12.2. The van der Waals surface area contributed by atoms with Gasteiger partial charge < -0.3 is 5.11 Å². The Balaban J connectivity index is 2.84. The molecule has 0 saturated carbocycles. The first-order chi connectivity index (χ1) is 9.96. The summed E-state index contributed by atoms with van der Waals surface area (Å²) in [4.78, 5) is 12.3. The van der Waals surface area contributed by atoms with Crippen LogP contribution < -0.4 is 4.72 Å². The summed E-state index contributed by atoms with van der Waals surface area (Å²) in [5, 5.41) is 8.66. The number of sulfonamides is 1. The van der Waals surface area contributed by atoms with Crippen LogP contribution in [0.4, 0.5) is 0 Å². The second-order valence-corrected chi connectivity index (χ2v) is 6.64. The summed E-state index contributed by atoms with van der Waals surface area (Å²) in [6.07, 6.45) is 1.92. The summed E-state index contributed by atoms with van der Waals surface area (Å²) in [7, 11) is -3.58. The molecule has 0 radical (unpaired) electrons. The molecule has 6 heteroatoms. The predicted molar refractivity (Wildman–Crippen MR) is 81.7 cm³/mol. The Hall–Kier alpha value is -1.24. The van der Waals surface area contributed by atoms with Crippen LogP contribution in [0.2, 0.25) is 0 Å². The second-order valence-electron chi connectivity index (χ2n) is 4.88. The zero-order chi connectivity index (χ0) is 15.9. The number of hydrogen-bond donors (Lipinski definition) is 2. The molecule has 5 nitrogen and oxygen atoms in total. The van der Waals surface area contributed by atoms with Gasteiger partial charge in [-0.15, -0.1) is 0 Å². The van der Waals surface area contributed by atoms with Crippen LogP contribution >= 0.6 is 0 Å². The van der Waals surface area contributed by atoms with Crippen LogP contribution in [0, 0.1) is 5.92 Å². The number of aliphatic hydroxyl groups excluding tert-OH is 1. The first-order valence-corrected chi connectivity index (χ1v) is 8.69. The minimum Gasteiger partial charge on any atom is -0.396 e. The molecule has 0 aliphatic carbocycles. The highest BCUT2D eigenvalue weighted by Gasteiger charge is 2.18. The van der Waals surface area contributed by atoms with E-state index in [1.54, 1.807) is 12.1 Å². The minimum atomic E-state index is -3.58. The van der Waals surface area contributed by atoms with Gasteiger partial charge in [0.1, 0.15) is 0 Å². The van der Waals surface area contributed by atoms with Gasteiger partial charge in [-0.25, -0.2) is 13.1 Å². The average Bonchev–Trinajstić information content (AvgIpc) is 2.48. The van der Waals surface area contributed by atoms with Gasteiger partial charge >= 0.3 is 0 Å². The lowest BCUT2D eigenvalue weighted by Gasteiger charge is -2.11. The third kappa shape index (κ3) is 4.91. The smallest absolute Gasteiger partial charge is 0.240 e. The molecule has 0 bridgehead atoms. The fraction of sp³-hybridized carbons (Fsp3) is 0.533. The van der Waals surface area contributed by atoms with Crippen molar-refractivity contribution in [3.63, 3.8) is 0 Å². The van der Waals surface area contributed by atoms with Gasteiger partial charge in [0, 0.05) is 24.6 Å². The lowest BCUT2D eigenvalue weighted by Crippen LogP contribution is -2.25. The van der Waals surface area contributed by atoms with Crippen LogP contribution in [0.25, 0.3) is 0 Å². The number of rotatable bonds is 9. The van der Waals surface area contributed by atoms with Gasteiger partial charge in [-0.05, 0) is 31.4 Å². The molecule has 1 rings (SSSR count). The van der Waals surface area contributed by atoms with E-state index in [0.29, 0.717) is 12.0 Å². The van der Waals surface area contributed by atoms with Crippen molar-refractivity contribution in [3.8, 4) is 0 Å². The SMILES string of the molecule is CCC(CC)C(=O)c1ccc(S(=O)(=O)NCCCO)cc1. The third-order valence-corrected chi connectivity index (χ3v) is 4.91. The van der Waals surface area contributed by atoms with Crippen molar-refractivity contribution in [1.29, 1.82) is 0 Å². The highest BCUT2D eigenvalue weighted by molar-refractivity contribution is 7.89. The molecule has 0 saturated heterocycles. The van der Waals surface area contributed by atoms with Crippen LogP contribution in [0.5, 0.6) is 0 Å². The lowest BCUT2D eigenvalue weighted by atomic mass is 9.93. The van der Waals surface area contributed by atoms with Gasteiger partial charge in [-0.1, -0.05) is 26.0 Å². The van der Waals surface area contributed by atoms with Crippen LogP contribution in [0.1, 0.15) is 43.5 Å². The Morgan fingerprint density at radius 1 is 1.19 bits per heavy atom. The van der Waals surface area contributed by atoms with E-state index in [1.807, 2.05) is 13.8 Å². The van der Waals surface area contributed by atoms with Gasteiger partial charge in [0.15, 0.2) is 5.78 Å². The second kappa shape index (κ2) is 8.26. The van der Waals surface area contributed by atoms with Gasteiger partial charge in [0.2, 0.25) is 10.0 Å². The fourth-order valence-electron chi connectivity index (χ4n) is 2.06. The summed E-state index contributed by atoms with van der Waals surface area (Å²) in [6.45, 7) is 4.06. The molecule has 0 aliphatic rings. The largest absolute Gasteiger partial charge is 0.396 e. The molecule has 0 spiro atoms. The molecule has 0 amide bonds. The number of Topliss-reactive ketones (excluding diaryl/α,β-unsaturated/α-hetero) is 1. The molecule has 1 aromatic carbocycles. The van der Waals surface area contributed by atoms with Crippen molar-refractivity contribution in [2.45, 2.75) is 38.0 Å². The van der Waals surface area contributed by atoms with Crippen molar-refractivity contribution >= 4 is 15.8 Å². The average molecular weight is 313 g/mol. The van der Waals surface area contributed by atoms with Crippen molar-refractivity contribution in [2.75, 3.05) is 13.2 Å². The molecular weight excluding hydrogens is 290 g/mol. The summed E-state index contributed by atoms with van der Waals surface area (Å²) in [5.41, 5.74) is 0.540. The molecule has 0 aliphatic heterocycles. The van der Waals surface area contributed by atoms with E-state index in [9.17, 15) is 13.2 Å². The lowest BCUT2D eigenvalue weighted by molar-refractivity contribution is 0.0913. The Kier molecular flexibility index (Phi) is 7.01. The Morgan fingerprint density at radius 3 is 2.24 bits per heavy atom. The summed E-state index contributed by atoms with van der Waals surface area (Å²) >= 11 is 0. The van der Waals surface area contributed by atoms with Gasteiger partial charge in [-0.3, -0.25) is 4.79 Å². The molecule has 0 unspecified atom stereocenters. The minimum absolute atomic E-state index is 0.0184. The van der Waals surface area contributed by atoms with E-state index in [2.05, 4.69) is 4.72 Å². The first-order valence-electron chi connectivity index (χ1n) is 7.21. The van der Waals surface area contributed by atoms with Crippen LogP contribution in [-0.2, 0) is 10.0 Å². The first kappa shape index (κ1) is 17.8. The van der Waals surface area contributed by atoms with Crippen molar-refractivity contribution in [1.82, 2.24) is 4.72 Å². The van der Waals surface area contributed by atoms with Gasteiger partial charge in [0.05, 0.1) is 4.90 Å². The van der Waals surface area contributed by atoms with Crippen molar-refractivity contribution < 1.29 is 18.3 Å². The third-order valence-electron chi connectivity index (χ3n) is 3.43. The Labute approximate surface area is 126 Å². The van der Waals surface area contributed by atoms with Gasteiger partial charge in [0.25, 0.3) is 0 Å². The molecule has 0 aromatic heterocycles. The zero-order valence-electron chi connectivity index (χ0n) is 12.5. The van der Waals surface area contributed by atoms with Crippen molar-refractivity contribution in [2.24, 2.45) is 5.92 Å². The van der Waals surface area contributed by atoms with E-state index >= 15 is 0 Å². The molecule has 0 heterocycles. The number of carbonyl (C=O) groups is 1. The van der Waals surface area contributed by atoms with Crippen molar-refractivity contribution in [3.05, 3.63) is 29.8 Å². The number of benzene rings is 1. The van der Waals surface area contributed by atoms with E-state index in [-0.39, 0.29) is 29.7 Å². The number of aliphatic hydroxyl groups is 1. The van der Waals surface area contributed by atoms with Crippen LogP contribution in [0.3, 0.4) is 0 Å². The number of nitrogens with one attached hydrogen (secondary N) is 1. The maximum atomic E-state index is 12.2. The Morgan fingerprint density at radius 2 is 1.76 bits per heavy atom. The molecule has 21 heavy (non-hydrogen) atoms. The standard InChI is InChI=1S/C15H23NO4S/c1-3-12(4-2)15(18)13-6-8-14(9-7-13)21(19,20)16-10-5-11-17/h6-9,12,16-17H,3-5,10-11H2,1-2H3. The number of hydrogen-bond acceptors (Lipinski definition) is 4. The molecular formula is C15H23NO4S. The van der Waals surface area contributed by atoms with Gasteiger partial charge in [-0.2, -0.15) is 0 Å². The number of carbonyl (C=O) groups excluding carboxylic acids is 1. The predicted octanol–water partition coefficient (Wildman–Crippen LogP) is 1.97. The Bertz CT molecular complexity index is 548. The van der Waals surface area contributed by atoms with E-state index in [4.69, 9.17) is 5.11 Å². The monoisotopic (exact) mass is 313 g/mol. The van der Waals surface area contributed by atoms with E-state index in [0.717, 1.165) is 12.8 Å². The molecule has 2 N–H and O–H groups in total. The normalized spacial score (nSPS) is 11.8. The summed E-state index contributed by atoms with van der Waals surface area (Å²) in [6, 6.07) is 6.00. The zero-order valence-corrected chi connectivity index (χ0v) is 13.3. The van der Waals surface area contributed by atoms with Crippen LogP contribution in [0.15, 0.2) is 29.2 Å². The van der Waals surface area contributed by atoms with Crippen LogP contribution in [-0.4, -0.2) is 32.5 Å². The van der Waals surface area contributed by atoms with E-state index in [1.165, 1.54) is 12.1 Å². The van der Waals surface area contributed by atoms with E-state index < -0.39 is 10.0 Å². The quantitative estimate of drug-likeness (QED) is 0.539.